The van der Waals surface area contributed by atoms with Crippen LogP contribution in [-0.2, 0) is 28.7 Å². The van der Waals surface area contributed by atoms with Crippen LogP contribution in [0.2, 0.25) is 0 Å². The summed E-state index contributed by atoms with van der Waals surface area (Å²) in [5.74, 6) is -2.04. The fourth-order valence-electron chi connectivity index (χ4n) is 2.05. The van der Waals surface area contributed by atoms with Gasteiger partial charge in [-0.1, -0.05) is 19.8 Å². The number of rotatable bonds is 4. The number of aliphatic hydroxyl groups is 2. The van der Waals surface area contributed by atoms with Crippen LogP contribution in [0, 0.1) is 0 Å². The van der Waals surface area contributed by atoms with E-state index in [4.69, 9.17) is 14.3 Å². The fraction of sp³-hybridized carbons (Fsp3) is 0.750. The summed E-state index contributed by atoms with van der Waals surface area (Å²) >= 11 is 0. The number of hydrogen-bond acceptors (Lipinski definition) is 8. The summed E-state index contributed by atoms with van der Waals surface area (Å²) in [6.45, 7) is 3.21. The topological polar surface area (TPSA) is 127 Å². The lowest BCUT2D eigenvalue weighted by molar-refractivity contribution is -0.193. The van der Waals surface area contributed by atoms with Crippen LogP contribution in [0.1, 0.15) is 33.1 Å². The molecule has 1 heterocycles. The monoisotopic (exact) mass is 290 g/mol. The molecule has 0 aromatic heterocycles. The van der Waals surface area contributed by atoms with Gasteiger partial charge in [0, 0.05) is 0 Å². The van der Waals surface area contributed by atoms with Crippen LogP contribution in [0.5, 0.6) is 0 Å². The van der Waals surface area contributed by atoms with E-state index in [1.54, 1.807) is 0 Å². The Hall–Kier alpha value is -1.76. The highest BCUT2D eigenvalue weighted by atomic mass is 16.6. The van der Waals surface area contributed by atoms with Gasteiger partial charge in [-0.05, 0) is 13.3 Å². The van der Waals surface area contributed by atoms with Crippen LogP contribution in [0.4, 0.5) is 0 Å². The van der Waals surface area contributed by atoms with Crippen molar-refractivity contribution in [1.82, 2.24) is 0 Å². The number of ether oxygens (including phenoxy) is 2. The second kappa shape index (κ2) is 7.14. The van der Waals surface area contributed by atoms with Crippen LogP contribution < -0.4 is 0 Å². The molecule has 1 fully saturated rings. The summed E-state index contributed by atoms with van der Waals surface area (Å²) in [6, 6.07) is 0. The molecular weight excluding hydrogens is 272 g/mol. The first-order valence-electron chi connectivity index (χ1n) is 5.99. The van der Waals surface area contributed by atoms with Crippen molar-refractivity contribution in [2.75, 3.05) is 7.11 Å². The summed E-state index contributed by atoms with van der Waals surface area (Å²) in [5, 5.41) is 20.5. The van der Waals surface area contributed by atoms with Crippen LogP contribution in [0.25, 0.3) is 0 Å². The van der Waals surface area contributed by atoms with Crippen LogP contribution in [0.15, 0.2) is 0 Å². The molecule has 0 aromatic rings. The molecule has 0 unspecified atom stereocenters. The molecule has 0 radical (unpaired) electrons. The predicted molar refractivity (Wildman–Crippen MR) is 62.0 cm³/mol. The predicted octanol–water partition coefficient (Wildman–Crippen LogP) is -0.826. The van der Waals surface area contributed by atoms with Crippen molar-refractivity contribution in [3.05, 3.63) is 0 Å². The maximum absolute atomic E-state index is 11.6. The number of carbonyl (C=O) groups excluding carboxylic acids is 4. The van der Waals surface area contributed by atoms with E-state index in [2.05, 4.69) is 4.74 Å². The van der Waals surface area contributed by atoms with Crippen LogP contribution in [0.3, 0.4) is 0 Å². The Balaban J connectivity index is 0.00000110. The Morgan fingerprint density at radius 3 is 2.35 bits per heavy atom. The smallest absolute Gasteiger partial charge is 0.373 e. The van der Waals surface area contributed by atoms with E-state index in [-0.39, 0.29) is 12.6 Å². The van der Waals surface area contributed by atoms with E-state index in [1.807, 2.05) is 6.92 Å². The minimum absolute atomic E-state index is 0.0434. The standard InChI is InChI=1S/C11H18O6.CO2/c1-4-5-6-10(14)8(12)17-7(2)11(10,15)9(13)16-3;2-1-3/h7,14-15H,4-6H2,1-3H3;/t7-,10+,11-;/m1./s1. The third kappa shape index (κ3) is 2.87. The molecule has 2 N–H and O–H groups in total. The Kier molecular flexibility index (Phi) is 6.51. The van der Waals surface area contributed by atoms with E-state index in [0.717, 1.165) is 7.11 Å². The average Bonchev–Trinajstić information content (AvgIpc) is 2.58. The van der Waals surface area contributed by atoms with Crippen molar-refractivity contribution in [1.29, 1.82) is 0 Å². The zero-order chi connectivity index (χ0) is 16.0. The van der Waals surface area contributed by atoms with Gasteiger partial charge in [-0.3, -0.25) is 0 Å². The SMILES string of the molecule is CCCC[C@]1(O)C(=O)O[C@H](C)[C@@]1(O)C(=O)OC.O=C=O. The Bertz CT molecular complexity index is 400. The van der Waals surface area contributed by atoms with Crippen LogP contribution >= 0.6 is 0 Å². The van der Waals surface area contributed by atoms with Gasteiger partial charge in [-0.25, -0.2) is 9.59 Å². The van der Waals surface area contributed by atoms with E-state index in [0.29, 0.717) is 12.8 Å². The van der Waals surface area contributed by atoms with Gasteiger partial charge in [0.2, 0.25) is 11.2 Å². The summed E-state index contributed by atoms with van der Waals surface area (Å²) in [7, 11) is 1.08. The van der Waals surface area contributed by atoms with E-state index >= 15 is 0 Å². The first-order valence-corrected chi connectivity index (χ1v) is 5.99. The van der Waals surface area contributed by atoms with Gasteiger partial charge < -0.3 is 19.7 Å². The van der Waals surface area contributed by atoms with Crippen molar-refractivity contribution in [2.24, 2.45) is 0 Å². The molecule has 0 aliphatic carbocycles. The van der Waals surface area contributed by atoms with Crippen molar-refractivity contribution >= 4 is 18.1 Å². The molecule has 0 spiro atoms. The molecule has 1 rings (SSSR count). The quantitative estimate of drug-likeness (QED) is 0.642. The molecule has 0 bridgehead atoms. The molecule has 1 aliphatic heterocycles. The van der Waals surface area contributed by atoms with Crippen molar-refractivity contribution in [2.45, 2.75) is 50.4 Å². The maximum atomic E-state index is 11.6. The number of methoxy groups -OCH3 is 1. The summed E-state index contributed by atoms with van der Waals surface area (Å²) in [5.41, 5.74) is -4.57. The van der Waals surface area contributed by atoms with Crippen molar-refractivity contribution in [3.63, 3.8) is 0 Å². The largest absolute Gasteiger partial charge is 0.467 e. The van der Waals surface area contributed by atoms with Gasteiger partial charge in [-0.2, -0.15) is 9.59 Å². The van der Waals surface area contributed by atoms with Gasteiger partial charge in [-0.15, -0.1) is 0 Å². The minimum Gasteiger partial charge on any atom is -0.467 e. The molecule has 0 aromatic carbocycles. The average molecular weight is 290 g/mol. The number of esters is 2. The van der Waals surface area contributed by atoms with Gasteiger partial charge in [0.1, 0.15) is 6.10 Å². The number of carbonyl (C=O) groups is 2. The molecule has 1 saturated heterocycles. The normalized spacial score (nSPS) is 31.6. The third-order valence-electron chi connectivity index (χ3n) is 3.23. The molecule has 3 atom stereocenters. The Labute approximate surface area is 115 Å². The lowest BCUT2D eigenvalue weighted by atomic mass is 9.78. The highest BCUT2D eigenvalue weighted by Crippen LogP contribution is 2.40. The Morgan fingerprint density at radius 1 is 1.45 bits per heavy atom. The Morgan fingerprint density at radius 2 is 1.95 bits per heavy atom. The van der Waals surface area contributed by atoms with Gasteiger partial charge in [0.25, 0.3) is 0 Å². The zero-order valence-corrected chi connectivity index (χ0v) is 11.5. The van der Waals surface area contributed by atoms with Crippen molar-refractivity contribution < 1.29 is 38.9 Å². The van der Waals surface area contributed by atoms with E-state index < -0.39 is 29.2 Å². The maximum Gasteiger partial charge on any atom is 0.373 e. The number of hydrogen-bond donors (Lipinski definition) is 2. The first kappa shape index (κ1) is 18.2. The van der Waals surface area contributed by atoms with Gasteiger partial charge in [0.05, 0.1) is 7.11 Å². The van der Waals surface area contributed by atoms with Crippen LogP contribution in [-0.4, -0.2) is 52.7 Å². The molecule has 0 saturated carbocycles. The second-order valence-electron chi connectivity index (χ2n) is 4.35. The second-order valence-corrected chi connectivity index (χ2v) is 4.35. The molecule has 8 nitrogen and oxygen atoms in total. The summed E-state index contributed by atoms with van der Waals surface area (Å²) in [6.07, 6.45) is 0.265. The molecule has 114 valence electrons. The summed E-state index contributed by atoms with van der Waals surface area (Å²) in [4.78, 5) is 39.5. The molecule has 1 aliphatic rings. The lowest BCUT2D eigenvalue weighted by Crippen LogP contribution is -2.62. The highest BCUT2D eigenvalue weighted by molar-refractivity contribution is 5.96. The fourth-order valence-corrected chi connectivity index (χ4v) is 2.05. The lowest BCUT2D eigenvalue weighted by Gasteiger charge is -2.32. The first-order chi connectivity index (χ1) is 9.25. The third-order valence-corrected chi connectivity index (χ3v) is 3.23. The van der Waals surface area contributed by atoms with E-state index in [9.17, 15) is 19.8 Å². The minimum atomic E-state index is -2.34. The number of cyclic esters (lactones) is 1. The van der Waals surface area contributed by atoms with Gasteiger partial charge >= 0.3 is 18.1 Å². The molecule has 20 heavy (non-hydrogen) atoms. The number of unbranched alkanes of at least 4 members (excludes halogenated alkanes) is 1. The van der Waals surface area contributed by atoms with E-state index in [1.165, 1.54) is 6.92 Å². The zero-order valence-electron chi connectivity index (χ0n) is 11.5. The molecule has 0 amide bonds. The molecular formula is C12H18O8. The van der Waals surface area contributed by atoms with Gasteiger partial charge in [0.15, 0.2) is 0 Å². The van der Waals surface area contributed by atoms with Crippen molar-refractivity contribution in [3.8, 4) is 0 Å². The summed E-state index contributed by atoms with van der Waals surface area (Å²) < 4.78 is 9.22. The highest BCUT2D eigenvalue weighted by Gasteiger charge is 2.70. The molecule has 8 heteroatoms.